The molecule has 0 aliphatic heterocycles. The quantitative estimate of drug-likeness (QED) is 0.530. The average molecular weight is 405 g/mol. The number of amides is 1. The third-order valence-corrected chi connectivity index (χ3v) is 5.21. The smallest absolute Gasteiger partial charge is 0.341 e. The van der Waals surface area contributed by atoms with Crippen LogP contribution in [0.25, 0.3) is 0 Å². The fourth-order valence-corrected chi connectivity index (χ4v) is 3.63. The van der Waals surface area contributed by atoms with Gasteiger partial charge >= 0.3 is 5.97 Å². The lowest BCUT2D eigenvalue weighted by molar-refractivity contribution is -0.122. The van der Waals surface area contributed by atoms with Crippen molar-refractivity contribution in [2.45, 2.75) is 33.8 Å². The topological polar surface area (TPSA) is 90.9 Å². The summed E-state index contributed by atoms with van der Waals surface area (Å²) in [5.41, 5.74) is 0.687. The van der Waals surface area contributed by atoms with Gasteiger partial charge in [-0.15, -0.1) is 11.3 Å². The Morgan fingerprint density at radius 1 is 1.21 bits per heavy atom. The Morgan fingerprint density at radius 2 is 1.89 bits per heavy atom. The summed E-state index contributed by atoms with van der Waals surface area (Å²) in [6, 6.07) is 6.89. The van der Waals surface area contributed by atoms with Gasteiger partial charge in [0, 0.05) is 6.07 Å². The minimum Gasteiger partial charge on any atom is -0.497 e. The molecule has 0 saturated carbocycles. The molecule has 28 heavy (non-hydrogen) atoms. The van der Waals surface area contributed by atoms with E-state index in [0.29, 0.717) is 21.9 Å². The molecule has 1 heterocycles. The van der Waals surface area contributed by atoms with E-state index in [-0.39, 0.29) is 23.0 Å². The summed E-state index contributed by atoms with van der Waals surface area (Å²) in [5.74, 6) is -0.145. The third kappa shape index (κ3) is 4.89. The van der Waals surface area contributed by atoms with Gasteiger partial charge in [0.2, 0.25) is 0 Å². The normalized spacial score (nSPS) is 11.5. The molecule has 8 heteroatoms. The highest BCUT2D eigenvalue weighted by molar-refractivity contribution is 7.18. The molecule has 0 fully saturated rings. The summed E-state index contributed by atoms with van der Waals surface area (Å²) < 4.78 is 15.9. The highest BCUT2D eigenvalue weighted by Gasteiger charge is 2.26. The first-order chi connectivity index (χ1) is 13.3. The van der Waals surface area contributed by atoms with Gasteiger partial charge in [0.15, 0.2) is 11.9 Å². The highest BCUT2D eigenvalue weighted by atomic mass is 32.1. The lowest BCUT2D eigenvalue weighted by Gasteiger charge is -2.15. The number of hydrogen-bond donors (Lipinski definition) is 1. The van der Waals surface area contributed by atoms with Crippen LogP contribution in [0.1, 0.15) is 46.4 Å². The summed E-state index contributed by atoms with van der Waals surface area (Å²) >= 11 is 1.05. The van der Waals surface area contributed by atoms with E-state index in [2.05, 4.69) is 5.32 Å². The summed E-state index contributed by atoms with van der Waals surface area (Å²) in [7, 11) is 1.54. The van der Waals surface area contributed by atoms with Crippen LogP contribution in [0.2, 0.25) is 0 Å². The molecule has 1 aromatic carbocycles. The van der Waals surface area contributed by atoms with Crippen LogP contribution in [-0.4, -0.2) is 37.5 Å². The summed E-state index contributed by atoms with van der Waals surface area (Å²) in [6.45, 7) is 6.53. The zero-order valence-corrected chi connectivity index (χ0v) is 17.3. The molecular formula is C20H23NO6S. The van der Waals surface area contributed by atoms with Gasteiger partial charge in [-0.05, 0) is 45.4 Å². The Bertz CT molecular complexity index is 889. The summed E-state index contributed by atoms with van der Waals surface area (Å²) in [6.07, 6.45) is -0.842. The van der Waals surface area contributed by atoms with Gasteiger partial charge in [-0.3, -0.25) is 9.59 Å². The SMILES string of the molecule is CCOC(=O)c1c(NC(=O)[C@@H](C)Oc2cccc(OC)c2)sc(C(C)=O)c1C. The number of Topliss-reactive ketones (excluding diaryl/α,β-unsaturated/α-hetero) is 1. The monoisotopic (exact) mass is 405 g/mol. The molecule has 0 radical (unpaired) electrons. The maximum absolute atomic E-state index is 12.6. The fraction of sp³-hybridized carbons (Fsp3) is 0.350. The van der Waals surface area contributed by atoms with E-state index in [1.54, 1.807) is 45.0 Å². The molecule has 0 bridgehead atoms. The van der Waals surface area contributed by atoms with Crippen molar-refractivity contribution in [3.63, 3.8) is 0 Å². The van der Waals surface area contributed by atoms with Gasteiger partial charge in [0.25, 0.3) is 5.91 Å². The number of rotatable bonds is 8. The molecule has 1 atom stereocenters. The second-order valence-electron chi connectivity index (χ2n) is 5.97. The minimum atomic E-state index is -0.842. The van der Waals surface area contributed by atoms with Gasteiger partial charge in [0.1, 0.15) is 16.5 Å². The second kappa shape index (κ2) is 9.36. The third-order valence-electron chi connectivity index (χ3n) is 3.91. The van der Waals surface area contributed by atoms with E-state index < -0.39 is 18.0 Å². The van der Waals surface area contributed by atoms with E-state index in [1.165, 1.54) is 14.0 Å². The van der Waals surface area contributed by atoms with E-state index >= 15 is 0 Å². The van der Waals surface area contributed by atoms with Crippen molar-refractivity contribution in [1.29, 1.82) is 0 Å². The number of esters is 1. The van der Waals surface area contributed by atoms with Crippen LogP contribution in [-0.2, 0) is 9.53 Å². The first-order valence-corrected chi connectivity index (χ1v) is 9.53. The van der Waals surface area contributed by atoms with Gasteiger partial charge in [-0.1, -0.05) is 6.07 Å². The lowest BCUT2D eigenvalue weighted by atomic mass is 10.1. The number of hydrogen-bond acceptors (Lipinski definition) is 7. The fourth-order valence-electron chi connectivity index (χ4n) is 2.53. The van der Waals surface area contributed by atoms with Crippen LogP contribution < -0.4 is 14.8 Å². The molecule has 1 N–H and O–H groups in total. The molecule has 150 valence electrons. The maximum Gasteiger partial charge on any atom is 0.341 e. The van der Waals surface area contributed by atoms with Crippen molar-refractivity contribution in [1.82, 2.24) is 0 Å². The number of carbonyl (C=O) groups is 3. The van der Waals surface area contributed by atoms with E-state index in [1.807, 2.05) is 0 Å². The number of ether oxygens (including phenoxy) is 3. The van der Waals surface area contributed by atoms with Gasteiger partial charge in [0.05, 0.1) is 24.2 Å². The zero-order chi connectivity index (χ0) is 20.8. The van der Waals surface area contributed by atoms with Crippen LogP contribution in [0.15, 0.2) is 24.3 Å². The summed E-state index contributed by atoms with van der Waals surface area (Å²) in [4.78, 5) is 37.2. The standard InChI is InChI=1S/C20H23NO6S/c1-6-26-20(24)16-11(2)17(12(3)22)28-19(16)21-18(23)13(4)27-15-9-7-8-14(10-15)25-5/h7-10,13H,6H2,1-5H3,(H,21,23)/t13-/m1/s1. The number of nitrogens with one attached hydrogen (secondary N) is 1. The molecule has 1 amide bonds. The molecule has 2 aromatic rings. The predicted molar refractivity (Wildman–Crippen MR) is 107 cm³/mol. The number of thiophene rings is 1. The van der Waals surface area contributed by atoms with Crippen molar-refractivity contribution in [2.75, 3.05) is 19.0 Å². The van der Waals surface area contributed by atoms with Gasteiger partial charge in [-0.25, -0.2) is 4.79 Å². The Kier molecular flexibility index (Phi) is 7.17. The second-order valence-corrected chi connectivity index (χ2v) is 6.99. The van der Waals surface area contributed by atoms with E-state index in [4.69, 9.17) is 14.2 Å². The van der Waals surface area contributed by atoms with Crippen LogP contribution in [0.3, 0.4) is 0 Å². The predicted octanol–water partition coefficient (Wildman–Crippen LogP) is 3.85. The van der Waals surface area contributed by atoms with Crippen molar-refractivity contribution in [3.8, 4) is 11.5 Å². The van der Waals surface area contributed by atoms with Crippen LogP contribution >= 0.6 is 11.3 Å². The molecule has 0 unspecified atom stereocenters. The number of benzene rings is 1. The minimum absolute atomic E-state index is 0.186. The lowest BCUT2D eigenvalue weighted by Crippen LogP contribution is -2.30. The van der Waals surface area contributed by atoms with Crippen LogP contribution in [0, 0.1) is 6.92 Å². The Morgan fingerprint density at radius 3 is 2.50 bits per heavy atom. The average Bonchev–Trinajstić information content (AvgIpc) is 2.98. The van der Waals surface area contributed by atoms with Crippen LogP contribution in [0.5, 0.6) is 11.5 Å². The molecule has 0 saturated heterocycles. The highest BCUT2D eigenvalue weighted by Crippen LogP contribution is 2.34. The van der Waals surface area contributed by atoms with E-state index in [9.17, 15) is 14.4 Å². The van der Waals surface area contributed by atoms with Gasteiger partial charge < -0.3 is 19.5 Å². The molecule has 0 aliphatic rings. The van der Waals surface area contributed by atoms with Crippen molar-refractivity contribution in [2.24, 2.45) is 0 Å². The first-order valence-electron chi connectivity index (χ1n) is 8.71. The first kappa shape index (κ1) is 21.4. The number of ketones is 1. The molecular weight excluding hydrogens is 382 g/mol. The maximum atomic E-state index is 12.6. The Labute approximate surface area is 167 Å². The zero-order valence-electron chi connectivity index (χ0n) is 16.5. The van der Waals surface area contributed by atoms with Crippen molar-refractivity contribution >= 4 is 34.0 Å². The van der Waals surface area contributed by atoms with Crippen molar-refractivity contribution in [3.05, 3.63) is 40.3 Å². The molecule has 2 rings (SSSR count). The number of anilines is 1. The Hall–Kier alpha value is -2.87. The van der Waals surface area contributed by atoms with E-state index in [0.717, 1.165) is 11.3 Å². The molecule has 0 spiro atoms. The Balaban J connectivity index is 2.23. The number of methoxy groups -OCH3 is 1. The van der Waals surface area contributed by atoms with Gasteiger partial charge in [-0.2, -0.15) is 0 Å². The van der Waals surface area contributed by atoms with Crippen LogP contribution in [0.4, 0.5) is 5.00 Å². The molecule has 0 aliphatic carbocycles. The largest absolute Gasteiger partial charge is 0.497 e. The summed E-state index contributed by atoms with van der Waals surface area (Å²) in [5, 5.41) is 2.96. The molecule has 7 nitrogen and oxygen atoms in total. The number of carbonyl (C=O) groups excluding carboxylic acids is 3. The van der Waals surface area contributed by atoms with Crippen molar-refractivity contribution < 1.29 is 28.6 Å². The molecule has 1 aromatic heterocycles.